The highest BCUT2D eigenvalue weighted by atomic mass is 16.6. The lowest BCUT2D eigenvalue weighted by molar-refractivity contribution is -0.385. The number of fused-ring (bicyclic) bond motifs is 1. The summed E-state index contributed by atoms with van der Waals surface area (Å²) in [5.41, 5.74) is 0.880. The van der Waals surface area contributed by atoms with E-state index < -0.39 is 28.3 Å². The van der Waals surface area contributed by atoms with Gasteiger partial charge in [-0.1, -0.05) is 36.4 Å². The van der Waals surface area contributed by atoms with Gasteiger partial charge < -0.3 is 10.1 Å². The molecule has 0 aliphatic carbocycles. The van der Waals surface area contributed by atoms with Crippen molar-refractivity contribution in [3.63, 3.8) is 0 Å². The van der Waals surface area contributed by atoms with Gasteiger partial charge in [-0.3, -0.25) is 29.4 Å². The molecule has 0 saturated carbocycles. The van der Waals surface area contributed by atoms with Crippen molar-refractivity contribution in [3.05, 3.63) is 99.6 Å². The molecule has 33 heavy (non-hydrogen) atoms. The van der Waals surface area contributed by atoms with Crippen LogP contribution in [0.2, 0.25) is 0 Å². The molecule has 1 N–H and O–H groups in total. The standard InChI is InChI=1S/C24H19N3O6/c28-21(25-17-9-11-18(12-10-17)33-15-16-5-2-1-3-6-16)13-14-26-23(29)19-7-4-8-20(27(31)32)22(19)24(26)30/h1-12H,13-15H2,(H,25,28). The number of nitro groups is 1. The third-order valence-electron chi connectivity index (χ3n) is 5.12. The van der Waals surface area contributed by atoms with Gasteiger partial charge >= 0.3 is 0 Å². The van der Waals surface area contributed by atoms with Crippen molar-refractivity contribution < 1.29 is 24.0 Å². The highest BCUT2D eigenvalue weighted by molar-refractivity contribution is 6.23. The second-order valence-corrected chi connectivity index (χ2v) is 7.32. The molecule has 0 unspecified atom stereocenters. The number of anilines is 1. The average Bonchev–Trinajstić information content (AvgIpc) is 3.07. The average molecular weight is 445 g/mol. The first-order chi connectivity index (χ1) is 15.9. The predicted molar refractivity (Wildman–Crippen MR) is 119 cm³/mol. The molecule has 4 rings (SSSR count). The first kappa shape index (κ1) is 21.7. The SMILES string of the molecule is O=C(CCN1C(=O)c2cccc([N+](=O)[O-])c2C1=O)Nc1ccc(OCc2ccccc2)cc1. The molecule has 0 aromatic heterocycles. The van der Waals surface area contributed by atoms with Crippen molar-refractivity contribution in [2.24, 2.45) is 0 Å². The largest absolute Gasteiger partial charge is 0.489 e. The van der Waals surface area contributed by atoms with Crippen LogP contribution in [0.3, 0.4) is 0 Å². The van der Waals surface area contributed by atoms with E-state index in [9.17, 15) is 24.5 Å². The maximum Gasteiger partial charge on any atom is 0.282 e. The van der Waals surface area contributed by atoms with E-state index >= 15 is 0 Å². The number of rotatable bonds is 8. The topological polar surface area (TPSA) is 119 Å². The molecule has 166 valence electrons. The van der Waals surface area contributed by atoms with E-state index in [0.29, 0.717) is 18.0 Å². The molecule has 0 radical (unpaired) electrons. The molecule has 0 saturated heterocycles. The Morgan fingerprint density at radius 3 is 2.36 bits per heavy atom. The normalized spacial score (nSPS) is 12.4. The van der Waals surface area contributed by atoms with Gasteiger partial charge in [-0.25, -0.2) is 0 Å². The Bertz CT molecular complexity index is 1220. The number of carbonyl (C=O) groups excluding carboxylic acids is 3. The second kappa shape index (κ2) is 9.31. The minimum atomic E-state index is -0.769. The van der Waals surface area contributed by atoms with Crippen LogP contribution >= 0.6 is 0 Å². The van der Waals surface area contributed by atoms with Gasteiger partial charge in [0.1, 0.15) is 17.9 Å². The van der Waals surface area contributed by atoms with E-state index in [1.807, 2.05) is 30.3 Å². The van der Waals surface area contributed by atoms with Crippen LogP contribution in [-0.2, 0) is 11.4 Å². The molecule has 0 atom stereocenters. The Kier molecular flexibility index (Phi) is 6.12. The van der Waals surface area contributed by atoms with Gasteiger partial charge in [0, 0.05) is 24.7 Å². The van der Waals surface area contributed by atoms with Gasteiger partial charge in [0.25, 0.3) is 17.5 Å². The van der Waals surface area contributed by atoms with Crippen molar-refractivity contribution in [2.45, 2.75) is 13.0 Å². The van der Waals surface area contributed by atoms with E-state index in [1.165, 1.54) is 18.2 Å². The fraction of sp³-hybridized carbons (Fsp3) is 0.125. The molecule has 0 fully saturated rings. The van der Waals surface area contributed by atoms with Crippen molar-refractivity contribution >= 4 is 29.1 Å². The molecule has 3 aromatic rings. The Balaban J connectivity index is 1.31. The molecular formula is C24H19N3O6. The molecule has 3 amide bonds. The van der Waals surface area contributed by atoms with E-state index in [-0.39, 0.29) is 24.1 Å². The van der Waals surface area contributed by atoms with Crippen molar-refractivity contribution in [2.75, 3.05) is 11.9 Å². The Hall–Kier alpha value is -4.53. The third-order valence-corrected chi connectivity index (χ3v) is 5.12. The Labute approximate surface area is 188 Å². The molecule has 9 heteroatoms. The van der Waals surface area contributed by atoms with Crippen molar-refractivity contribution in [1.82, 2.24) is 4.90 Å². The first-order valence-electron chi connectivity index (χ1n) is 10.1. The molecule has 1 heterocycles. The van der Waals surface area contributed by atoms with Crippen LogP contribution in [0.25, 0.3) is 0 Å². The summed E-state index contributed by atoms with van der Waals surface area (Å²) in [5, 5.41) is 13.9. The minimum absolute atomic E-state index is 0.0271. The summed E-state index contributed by atoms with van der Waals surface area (Å²) in [6.45, 7) is 0.235. The summed E-state index contributed by atoms with van der Waals surface area (Å²) in [5.74, 6) is -1.18. The number of nitrogens with zero attached hydrogens (tertiary/aromatic N) is 2. The number of imide groups is 1. The highest BCUT2D eigenvalue weighted by Crippen LogP contribution is 2.30. The first-order valence-corrected chi connectivity index (χ1v) is 10.1. The number of hydrogen-bond acceptors (Lipinski definition) is 6. The van der Waals surface area contributed by atoms with Crippen LogP contribution in [0.5, 0.6) is 5.75 Å². The smallest absolute Gasteiger partial charge is 0.282 e. The molecule has 1 aliphatic heterocycles. The molecule has 3 aromatic carbocycles. The number of carbonyl (C=O) groups is 3. The van der Waals surface area contributed by atoms with Crippen LogP contribution in [0, 0.1) is 10.1 Å². The van der Waals surface area contributed by atoms with Gasteiger partial charge in [-0.05, 0) is 35.9 Å². The van der Waals surface area contributed by atoms with Crippen LogP contribution in [0.4, 0.5) is 11.4 Å². The van der Waals surface area contributed by atoms with Crippen LogP contribution < -0.4 is 10.1 Å². The number of nitrogens with one attached hydrogen (secondary N) is 1. The molecule has 0 spiro atoms. The highest BCUT2D eigenvalue weighted by Gasteiger charge is 2.40. The second-order valence-electron chi connectivity index (χ2n) is 7.32. The van der Waals surface area contributed by atoms with E-state index in [1.54, 1.807) is 24.3 Å². The number of ether oxygens (including phenoxy) is 1. The monoisotopic (exact) mass is 445 g/mol. The maximum absolute atomic E-state index is 12.6. The summed E-state index contributed by atoms with van der Waals surface area (Å²) in [4.78, 5) is 48.7. The number of amides is 3. The maximum atomic E-state index is 12.6. The molecule has 0 bridgehead atoms. The lowest BCUT2D eigenvalue weighted by Crippen LogP contribution is -2.33. The molecule has 1 aliphatic rings. The van der Waals surface area contributed by atoms with Crippen LogP contribution in [0.1, 0.15) is 32.7 Å². The van der Waals surface area contributed by atoms with Gasteiger partial charge in [0.05, 0.1) is 10.5 Å². The lowest BCUT2D eigenvalue weighted by atomic mass is 10.1. The number of hydrogen-bond donors (Lipinski definition) is 1. The lowest BCUT2D eigenvalue weighted by Gasteiger charge is -2.13. The summed E-state index contributed by atoms with van der Waals surface area (Å²) < 4.78 is 5.71. The van der Waals surface area contributed by atoms with E-state index in [0.717, 1.165) is 10.5 Å². The van der Waals surface area contributed by atoms with Crippen LogP contribution in [-0.4, -0.2) is 34.1 Å². The minimum Gasteiger partial charge on any atom is -0.489 e. The van der Waals surface area contributed by atoms with Gasteiger partial charge in [0.15, 0.2) is 0 Å². The zero-order valence-electron chi connectivity index (χ0n) is 17.4. The predicted octanol–water partition coefficient (Wildman–Crippen LogP) is 3.80. The molecular weight excluding hydrogens is 426 g/mol. The summed E-state index contributed by atoms with van der Waals surface area (Å²) in [6, 6.07) is 20.4. The van der Waals surface area contributed by atoms with Crippen molar-refractivity contribution in [3.8, 4) is 5.75 Å². The number of benzene rings is 3. The zero-order chi connectivity index (χ0) is 23.4. The van der Waals surface area contributed by atoms with E-state index in [4.69, 9.17) is 4.74 Å². The zero-order valence-corrected chi connectivity index (χ0v) is 17.4. The summed E-state index contributed by atoms with van der Waals surface area (Å²) in [6.07, 6.45) is -0.147. The Morgan fingerprint density at radius 1 is 0.939 bits per heavy atom. The van der Waals surface area contributed by atoms with Crippen LogP contribution in [0.15, 0.2) is 72.8 Å². The van der Waals surface area contributed by atoms with Crippen molar-refractivity contribution in [1.29, 1.82) is 0 Å². The quantitative estimate of drug-likeness (QED) is 0.320. The fourth-order valence-electron chi connectivity index (χ4n) is 3.48. The summed E-state index contributed by atoms with van der Waals surface area (Å²) >= 11 is 0. The third kappa shape index (κ3) is 4.72. The fourth-order valence-corrected chi connectivity index (χ4v) is 3.48. The molecule has 9 nitrogen and oxygen atoms in total. The van der Waals surface area contributed by atoms with Gasteiger partial charge in [-0.2, -0.15) is 0 Å². The van der Waals surface area contributed by atoms with Gasteiger partial charge in [0.2, 0.25) is 5.91 Å². The number of nitro benzene ring substituents is 1. The van der Waals surface area contributed by atoms with E-state index in [2.05, 4.69) is 5.32 Å². The Morgan fingerprint density at radius 2 is 1.67 bits per heavy atom. The van der Waals surface area contributed by atoms with Gasteiger partial charge in [-0.15, -0.1) is 0 Å². The summed E-state index contributed by atoms with van der Waals surface area (Å²) in [7, 11) is 0.